The summed E-state index contributed by atoms with van der Waals surface area (Å²) in [6.07, 6.45) is -2.97. The third kappa shape index (κ3) is 3.19. The van der Waals surface area contributed by atoms with E-state index < -0.39 is 29.7 Å². The average molecular weight is 399 g/mol. The summed E-state index contributed by atoms with van der Waals surface area (Å²) in [5.41, 5.74) is -4.02. The van der Waals surface area contributed by atoms with Crippen molar-refractivity contribution in [2.75, 3.05) is 4.90 Å². The molecule has 0 spiro atoms. The Morgan fingerprint density at radius 1 is 1.22 bits per heavy atom. The topological polar surface area (TPSA) is 91.4 Å². The molecule has 1 fully saturated rings. The average Bonchev–Trinajstić information content (AvgIpc) is 2.86. The number of aromatic nitrogens is 1. The van der Waals surface area contributed by atoms with Gasteiger partial charge >= 0.3 is 12.2 Å². The van der Waals surface area contributed by atoms with E-state index in [4.69, 9.17) is 11.6 Å². The van der Waals surface area contributed by atoms with Gasteiger partial charge in [0.25, 0.3) is 17.5 Å². The number of halogens is 4. The summed E-state index contributed by atoms with van der Waals surface area (Å²) >= 11 is 5.78. The number of carbonyl (C=O) groups excluding carboxylic acids is 3. The zero-order valence-corrected chi connectivity index (χ0v) is 14.0. The van der Waals surface area contributed by atoms with Crippen LogP contribution < -0.4 is 15.5 Å². The molecule has 3 rings (SSSR count). The normalized spacial score (nSPS) is 19.8. The summed E-state index contributed by atoms with van der Waals surface area (Å²) in [6.45, 7) is 0. The lowest BCUT2D eigenvalue weighted by atomic mass is 10.1. The van der Waals surface area contributed by atoms with Gasteiger partial charge in [-0.2, -0.15) is 13.2 Å². The van der Waals surface area contributed by atoms with Crippen molar-refractivity contribution >= 4 is 35.1 Å². The first-order chi connectivity index (χ1) is 12.7. The fourth-order valence-electron chi connectivity index (χ4n) is 2.47. The van der Waals surface area contributed by atoms with Crippen molar-refractivity contribution in [3.05, 3.63) is 59.4 Å². The van der Waals surface area contributed by atoms with Gasteiger partial charge in [-0.25, -0.2) is 9.69 Å². The van der Waals surface area contributed by atoms with Crippen LogP contribution in [0.4, 0.5) is 23.7 Å². The minimum Gasteiger partial charge on any atom is -0.314 e. The molecule has 1 aliphatic heterocycles. The van der Waals surface area contributed by atoms with Gasteiger partial charge in [-0.15, -0.1) is 0 Å². The second kappa shape index (κ2) is 6.54. The van der Waals surface area contributed by atoms with Crippen LogP contribution >= 0.6 is 11.6 Å². The fraction of sp³-hybridized carbons (Fsp3) is 0.125. The largest absolute Gasteiger partial charge is 0.440 e. The summed E-state index contributed by atoms with van der Waals surface area (Å²) in [4.78, 5) is 40.9. The molecule has 0 unspecified atom stereocenters. The van der Waals surface area contributed by atoms with E-state index in [1.807, 2.05) is 0 Å². The van der Waals surface area contributed by atoms with Crippen molar-refractivity contribution < 1.29 is 27.6 Å². The smallest absolute Gasteiger partial charge is 0.314 e. The Labute approximate surface area is 155 Å². The third-order valence-corrected chi connectivity index (χ3v) is 3.97. The number of carbonyl (C=O) groups is 3. The van der Waals surface area contributed by atoms with Gasteiger partial charge in [-0.3, -0.25) is 19.9 Å². The van der Waals surface area contributed by atoms with Crippen LogP contribution in [0.25, 0.3) is 0 Å². The molecule has 0 saturated carbocycles. The third-order valence-electron chi connectivity index (χ3n) is 3.74. The minimum atomic E-state index is -5.31. The molecule has 0 aliphatic carbocycles. The number of amides is 4. The molecule has 2 N–H and O–H groups in total. The molecule has 0 radical (unpaired) electrons. The summed E-state index contributed by atoms with van der Waals surface area (Å²) in [5.74, 6) is -2.94. The maximum absolute atomic E-state index is 13.8. The van der Waals surface area contributed by atoms with E-state index in [1.54, 1.807) is 10.6 Å². The number of nitrogens with one attached hydrogen (secondary N) is 2. The highest BCUT2D eigenvalue weighted by molar-refractivity contribution is 6.31. The van der Waals surface area contributed by atoms with Crippen LogP contribution in [0.5, 0.6) is 0 Å². The highest BCUT2D eigenvalue weighted by Crippen LogP contribution is 2.36. The van der Waals surface area contributed by atoms with E-state index in [1.165, 1.54) is 36.5 Å². The zero-order chi connectivity index (χ0) is 19.8. The van der Waals surface area contributed by atoms with Crippen LogP contribution in [0, 0.1) is 0 Å². The zero-order valence-electron chi connectivity index (χ0n) is 13.2. The van der Waals surface area contributed by atoms with Crippen molar-refractivity contribution in [3.8, 4) is 0 Å². The van der Waals surface area contributed by atoms with E-state index in [0.29, 0.717) is 0 Å². The molecule has 7 nitrogen and oxygen atoms in total. The van der Waals surface area contributed by atoms with Crippen LogP contribution in [0.15, 0.2) is 48.8 Å². The molecule has 2 heterocycles. The Balaban J connectivity index is 2.02. The maximum atomic E-state index is 13.8. The van der Waals surface area contributed by atoms with E-state index in [2.05, 4.69) is 4.98 Å². The first kappa shape index (κ1) is 18.6. The lowest BCUT2D eigenvalue weighted by molar-refractivity contribution is -0.197. The molecule has 1 saturated heterocycles. The van der Waals surface area contributed by atoms with Crippen LogP contribution in [-0.4, -0.2) is 34.7 Å². The van der Waals surface area contributed by atoms with Gasteiger partial charge in [0.05, 0.1) is 11.3 Å². The summed E-state index contributed by atoms with van der Waals surface area (Å²) in [6, 6.07) is 6.36. The number of nitrogens with zero attached hydrogens (tertiary/aromatic N) is 2. The fourth-order valence-corrected chi connectivity index (χ4v) is 2.65. The maximum Gasteiger partial charge on any atom is 0.440 e. The molecule has 1 aromatic carbocycles. The number of benzene rings is 1. The number of pyridine rings is 1. The van der Waals surface area contributed by atoms with Gasteiger partial charge < -0.3 is 5.32 Å². The lowest BCUT2D eigenvalue weighted by Gasteiger charge is -2.29. The molecule has 1 aliphatic rings. The van der Waals surface area contributed by atoms with Crippen molar-refractivity contribution in [3.63, 3.8) is 0 Å². The number of anilines is 1. The van der Waals surface area contributed by atoms with Gasteiger partial charge in [0, 0.05) is 17.4 Å². The molecule has 4 amide bonds. The Hall–Kier alpha value is -3.14. The standard InChI is InChI=1S/C16H10ClF3N4O3/c17-10-4-1-5-11(7-10)24-13(26)15(16(18,19)20,23-14(24)27)22-12(25)9-3-2-6-21-8-9/h1-8H,(H,22,25)(H,23,27)/t15-/m0/s1. The van der Waals surface area contributed by atoms with Gasteiger partial charge in [0.15, 0.2) is 0 Å². The molecule has 1 aromatic heterocycles. The molecule has 2 aromatic rings. The number of imide groups is 1. The molecule has 0 bridgehead atoms. The number of rotatable bonds is 3. The summed E-state index contributed by atoms with van der Waals surface area (Å²) in [5, 5.41) is 3.23. The summed E-state index contributed by atoms with van der Waals surface area (Å²) < 4.78 is 41.3. The van der Waals surface area contributed by atoms with E-state index in [9.17, 15) is 27.6 Å². The molecular formula is C16H10ClF3N4O3. The molecule has 11 heteroatoms. The van der Waals surface area contributed by atoms with E-state index in [-0.39, 0.29) is 21.2 Å². The number of alkyl halides is 3. The van der Waals surface area contributed by atoms with Crippen molar-refractivity contribution in [1.82, 2.24) is 15.6 Å². The monoisotopic (exact) mass is 398 g/mol. The van der Waals surface area contributed by atoms with E-state index in [0.717, 1.165) is 12.3 Å². The second-order valence-electron chi connectivity index (χ2n) is 5.49. The van der Waals surface area contributed by atoms with Crippen molar-refractivity contribution in [2.24, 2.45) is 0 Å². The van der Waals surface area contributed by atoms with Crippen LogP contribution in [0.2, 0.25) is 5.02 Å². The Morgan fingerprint density at radius 3 is 2.56 bits per heavy atom. The predicted octanol–water partition coefficient (Wildman–Crippen LogP) is 2.48. The van der Waals surface area contributed by atoms with Gasteiger partial charge in [-0.1, -0.05) is 17.7 Å². The quantitative estimate of drug-likeness (QED) is 0.777. The Morgan fingerprint density at radius 2 is 1.96 bits per heavy atom. The van der Waals surface area contributed by atoms with Crippen molar-refractivity contribution in [2.45, 2.75) is 11.8 Å². The minimum absolute atomic E-state index is 0.108. The van der Waals surface area contributed by atoms with Crippen LogP contribution in [0.1, 0.15) is 10.4 Å². The first-order valence-corrected chi connectivity index (χ1v) is 7.75. The van der Waals surface area contributed by atoms with Crippen LogP contribution in [-0.2, 0) is 4.79 Å². The molecule has 1 atom stereocenters. The number of urea groups is 1. The lowest BCUT2D eigenvalue weighted by Crippen LogP contribution is -2.69. The van der Waals surface area contributed by atoms with E-state index >= 15 is 0 Å². The van der Waals surface area contributed by atoms with Crippen LogP contribution in [0.3, 0.4) is 0 Å². The van der Waals surface area contributed by atoms with Crippen molar-refractivity contribution in [1.29, 1.82) is 0 Å². The highest BCUT2D eigenvalue weighted by atomic mass is 35.5. The SMILES string of the molecule is O=C(N[C@]1(C(F)(F)F)NC(=O)N(c2cccc(Cl)c2)C1=O)c1cccnc1. The Bertz CT molecular complexity index is 923. The number of hydrogen-bond donors (Lipinski definition) is 2. The predicted molar refractivity (Wildman–Crippen MR) is 88.0 cm³/mol. The molecule has 27 heavy (non-hydrogen) atoms. The summed E-state index contributed by atoms with van der Waals surface area (Å²) in [7, 11) is 0. The Kier molecular flexibility index (Phi) is 4.52. The van der Waals surface area contributed by atoms with Gasteiger partial charge in [-0.05, 0) is 30.3 Å². The highest BCUT2D eigenvalue weighted by Gasteiger charge is 2.69. The van der Waals surface area contributed by atoms with Gasteiger partial charge in [0.1, 0.15) is 0 Å². The van der Waals surface area contributed by atoms with Gasteiger partial charge in [0.2, 0.25) is 0 Å². The molecule has 140 valence electrons. The first-order valence-electron chi connectivity index (χ1n) is 7.37. The molecular weight excluding hydrogens is 389 g/mol. The number of hydrogen-bond acceptors (Lipinski definition) is 4. The second-order valence-corrected chi connectivity index (χ2v) is 5.93.